The Morgan fingerprint density at radius 3 is 2.72 bits per heavy atom. The highest BCUT2D eigenvalue weighted by atomic mass is 32.1. The van der Waals surface area contributed by atoms with Crippen molar-refractivity contribution in [1.82, 2.24) is 20.3 Å². The van der Waals surface area contributed by atoms with Crippen molar-refractivity contribution in [3.63, 3.8) is 0 Å². The summed E-state index contributed by atoms with van der Waals surface area (Å²) in [5.41, 5.74) is 3.80. The molecular weight excluding hydrogens is 474 g/mol. The second kappa shape index (κ2) is 8.55. The second-order valence-electron chi connectivity index (χ2n) is 9.79. The SMILES string of the molecule is [2H]C([2H])([2H])NC(=O)c1cnc(NC(=O)C2CC2)cc1Nc1nc(C)cc2c1N(C)[C@H](C)c1sc(C3CC3)nc1-2. The summed E-state index contributed by atoms with van der Waals surface area (Å²) in [4.78, 5) is 42.7. The van der Waals surface area contributed by atoms with Gasteiger partial charge in [0.25, 0.3) is 5.91 Å². The Kier molecular flexibility index (Phi) is 4.66. The van der Waals surface area contributed by atoms with E-state index >= 15 is 0 Å². The van der Waals surface area contributed by atoms with E-state index in [-0.39, 0.29) is 34.9 Å². The number of amides is 2. The van der Waals surface area contributed by atoms with Gasteiger partial charge in [0, 0.05) is 53.5 Å². The van der Waals surface area contributed by atoms with E-state index in [9.17, 15) is 9.59 Å². The molecule has 0 aromatic carbocycles. The molecule has 36 heavy (non-hydrogen) atoms. The van der Waals surface area contributed by atoms with Crippen LogP contribution in [0.3, 0.4) is 0 Å². The quantitative estimate of drug-likeness (QED) is 0.442. The van der Waals surface area contributed by atoms with Gasteiger partial charge in [0.05, 0.1) is 38.6 Å². The van der Waals surface area contributed by atoms with Crippen LogP contribution in [0.5, 0.6) is 0 Å². The molecule has 0 unspecified atom stereocenters. The van der Waals surface area contributed by atoms with E-state index < -0.39 is 12.9 Å². The van der Waals surface area contributed by atoms with Gasteiger partial charge < -0.3 is 20.9 Å². The first-order valence-corrected chi connectivity index (χ1v) is 13.0. The fraction of sp³-hybridized carbons (Fsp3) is 0.423. The van der Waals surface area contributed by atoms with Crippen LogP contribution in [0.15, 0.2) is 18.3 Å². The molecule has 3 N–H and O–H groups in total. The fourth-order valence-electron chi connectivity index (χ4n) is 4.57. The summed E-state index contributed by atoms with van der Waals surface area (Å²) in [5, 5.41) is 9.27. The first-order chi connectivity index (χ1) is 18.5. The van der Waals surface area contributed by atoms with Crippen molar-refractivity contribution >= 4 is 46.2 Å². The molecule has 9 nitrogen and oxygen atoms in total. The lowest BCUT2D eigenvalue weighted by Gasteiger charge is -2.34. The molecule has 186 valence electrons. The van der Waals surface area contributed by atoms with Gasteiger partial charge in [-0.1, -0.05) is 0 Å². The number of nitrogens with one attached hydrogen (secondary N) is 3. The van der Waals surface area contributed by atoms with Gasteiger partial charge in [0.1, 0.15) is 5.82 Å². The van der Waals surface area contributed by atoms with Crippen molar-refractivity contribution in [3.8, 4) is 11.3 Å². The highest BCUT2D eigenvalue weighted by Gasteiger charge is 2.36. The van der Waals surface area contributed by atoms with Crippen LogP contribution in [0.1, 0.15) is 74.6 Å². The van der Waals surface area contributed by atoms with Crippen LogP contribution in [-0.4, -0.2) is 40.8 Å². The summed E-state index contributed by atoms with van der Waals surface area (Å²) in [6.45, 7) is 1.35. The standard InChI is InChI=1S/C26H29N7O2S/c1-12-9-16-20-22(36-26(32-20)15-7-8-15)13(2)33(4)21(16)23(29-12)30-18-10-19(31-24(34)14-5-6-14)28-11-17(18)25(35)27-3/h9-11,13-15H,5-8H2,1-4H3,(H,27,35)(H2,28,29,30,31,34)/t13-/m1/s1/i3D3. The number of pyridine rings is 2. The second-order valence-corrected chi connectivity index (χ2v) is 10.9. The molecule has 3 aromatic rings. The molecule has 2 fully saturated rings. The number of nitrogens with zero attached hydrogens (tertiary/aromatic N) is 4. The number of aryl methyl sites for hydroxylation is 1. The summed E-state index contributed by atoms with van der Waals surface area (Å²) in [6, 6.07) is 3.62. The van der Waals surface area contributed by atoms with Gasteiger partial charge >= 0.3 is 0 Å². The molecule has 3 aliphatic rings. The third-order valence-corrected chi connectivity index (χ3v) is 8.39. The Bertz CT molecular complexity index is 1500. The topological polar surface area (TPSA) is 112 Å². The number of aromatic nitrogens is 3. The lowest BCUT2D eigenvalue weighted by molar-refractivity contribution is -0.117. The van der Waals surface area contributed by atoms with E-state index in [4.69, 9.17) is 14.1 Å². The molecule has 6 rings (SSSR count). The Hall–Kier alpha value is -3.53. The minimum Gasteiger partial charge on any atom is -0.363 e. The van der Waals surface area contributed by atoms with Gasteiger partial charge in [-0.15, -0.1) is 11.3 Å². The number of thiazole rings is 1. The summed E-state index contributed by atoms with van der Waals surface area (Å²) in [5.74, 6) is 0.329. The monoisotopic (exact) mass is 506 g/mol. The highest BCUT2D eigenvalue weighted by Crippen LogP contribution is 2.52. The summed E-state index contributed by atoms with van der Waals surface area (Å²) in [6.07, 6.45) is 5.28. The van der Waals surface area contributed by atoms with Crippen molar-refractivity contribution in [1.29, 1.82) is 0 Å². The minimum absolute atomic E-state index is 0.0180. The Labute approximate surface area is 218 Å². The largest absolute Gasteiger partial charge is 0.363 e. The molecule has 0 bridgehead atoms. The zero-order valence-corrected chi connectivity index (χ0v) is 21.1. The molecule has 2 amide bonds. The van der Waals surface area contributed by atoms with Crippen molar-refractivity contribution < 1.29 is 13.7 Å². The number of rotatable bonds is 6. The van der Waals surface area contributed by atoms with Gasteiger partial charge in [-0.05, 0) is 45.6 Å². The van der Waals surface area contributed by atoms with Crippen LogP contribution >= 0.6 is 11.3 Å². The normalized spacial score (nSPS) is 19.9. The number of hydrogen-bond acceptors (Lipinski definition) is 8. The zero-order chi connectivity index (χ0) is 27.6. The molecule has 10 heteroatoms. The summed E-state index contributed by atoms with van der Waals surface area (Å²) >= 11 is 1.78. The smallest absolute Gasteiger partial charge is 0.254 e. The average Bonchev–Trinajstić information content (AvgIpc) is 3.78. The zero-order valence-electron chi connectivity index (χ0n) is 23.3. The predicted octanol–water partition coefficient (Wildman–Crippen LogP) is 4.75. The number of anilines is 4. The average molecular weight is 507 g/mol. The third-order valence-electron chi connectivity index (χ3n) is 7.00. The molecule has 1 atom stereocenters. The molecule has 1 aliphatic heterocycles. The van der Waals surface area contributed by atoms with Gasteiger partial charge in [-0.2, -0.15) is 0 Å². The van der Waals surface area contributed by atoms with Crippen molar-refractivity contribution in [2.45, 2.75) is 51.5 Å². The third kappa shape index (κ3) is 3.99. The van der Waals surface area contributed by atoms with Gasteiger partial charge in [-0.3, -0.25) is 9.59 Å². The maximum absolute atomic E-state index is 13.0. The Morgan fingerprint density at radius 2 is 2.00 bits per heavy atom. The van der Waals surface area contributed by atoms with Crippen molar-refractivity contribution in [2.75, 3.05) is 29.6 Å². The van der Waals surface area contributed by atoms with Crippen molar-refractivity contribution in [3.05, 3.63) is 39.5 Å². The number of hydrogen-bond donors (Lipinski definition) is 3. The Balaban J connectivity index is 1.43. The lowest BCUT2D eigenvalue weighted by Crippen LogP contribution is -2.27. The number of carbonyl (C=O) groups excluding carboxylic acids is 2. The molecule has 0 spiro atoms. The van der Waals surface area contributed by atoms with Crippen LogP contribution in [0, 0.1) is 12.8 Å². The maximum Gasteiger partial charge on any atom is 0.254 e. The van der Waals surface area contributed by atoms with Gasteiger partial charge in [-0.25, -0.2) is 15.0 Å². The number of carbonyl (C=O) groups is 2. The molecule has 0 radical (unpaired) electrons. The first kappa shape index (κ1) is 19.6. The van der Waals surface area contributed by atoms with Crippen LogP contribution in [-0.2, 0) is 4.79 Å². The van der Waals surface area contributed by atoms with Crippen molar-refractivity contribution in [2.24, 2.45) is 5.92 Å². The van der Waals surface area contributed by atoms with Crippen LogP contribution in [0.25, 0.3) is 11.3 Å². The van der Waals surface area contributed by atoms with E-state index in [2.05, 4.69) is 27.4 Å². The molecule has 0 saturated heterocycles. The van der Waals surface area contributed by atoms with Crippen LogP contribution < -0.4 is 20.9 Å². The highest BCUT2D eigenvalue weighted by molar-refractivity contribution is 7.12. The molecule has 3 aromatic heterocycles. The predicted molar refractivity (Wildman–Crippen MR) is 141 cm³/mol. The van der Waals surface area contributed by atoms with E-state index in [1.165, 1.54) is 35.0 Å². The Morgan fingerprint density at radius 1 is 1.19 bits per heavy atom. The molecule has 2 aliphatic carbocycles. The fourth-order valence-corrected chi connectivity index (χ4v) is 5.91. The first-order valence-electron chi connectivity index (χ1n) is 13.6. The molecule has 2 saturated carbocycles. The van der Waals surface area contributed by atoms with Crippen LogP contribution in [0.4, 0.5) is 23.0 Å². The minimum atomic E-state index is -2.68. The van der Waals surface area contributed by atoms with E-state index in [1.807, 2.05) is 25.4 Å². The van der Waals surface area contributed by atoms with Crippen LogP contribution in [0.2, 0.25) is 0 Å². The number of fused-ring (bicyclic) bond motifs is 3. The molecule has 4 heterocycles. The molecular formula is C26H29N7O2S. The van der Waals surface area contributed by atoms with Gasteiger partial charge in [0.2, 0.25) is 5.91 Å². The van der Waals surface area contributed by atoms with Gasteiger partial charge in [0.15, 0.2) is 5.82 Å². The van der Waals surface area contributed by atoms with E-state index in [1.54, 1.807) is 11.3 Å². The summed E-state index contributed by atoms with van der Waals surface area (Å²) < 4.78 is 22.4. The summed E-state index contributed by atoms with van der Waals surface area (Å²) in [7, 11) is 2.00. The van der Waals surface area contributed by atoms with E-state index in [0.717, 1.165) is 35.5 Å². The maximum atomic E-state index is 13.0. The van der Waals surface area contributed by atoms with E-state index in [0.29, 0.717) is 11.7 Å². The lowest BCUT2D eigenvalue weighted by atomic mass is 9.99.